The number of carbonyl (C=O) groups excluding carboxylic acids is 2. The summed E-state index contributed by atoms with van der Waals surface area (Å²) in [6, 6.07) is 13.3. The smallest absolute Gasteiger partial charge is 0.228 e. The highest BCUT2D eigenvalue weighted by Crippen LogP contribution is 2.40. The number of anilines is 2. The molecule has 0 spiro atoms. The Morgan fingerprint density at radius 3 is 2.28 bits per heavy atom. The average molecular weight is 374 g/mol. The minimum atomic E-state index is -0.395. The first-order chi connectivity index (χ1) is 12.0. The molecule has 2 atom stereocenters. The normalized spacial score (nSPS) is 18.1. The maximum Gasteiger partial charge on any atom is 0.228 e. The predicted molar refractivity (Wildman–Crippen MR) is 96.5 cm³/mol. The number of halogens is 2. The van der Waals surface area contributed by atoms with Crippen LogP contribution in [0, 0.1) is 23.2 Å². The number of amides is 2. The van der Waals surface area contributed by atoms with E-state index in [2.05, 4.69) is 10.6 Å². The van der Waals surface area contributed by atoms with Gasteiger partial charge in [0.15, 0.2) is 0 Å². The second-order valence-electron chi connectivity index (χ2n) is 5.74. The van der Waals surface area contributed by atoms with Gasteiger partial charge in [0.2, 0.25) is 11.8 Å². The fraction of sp³-hybridized carbons (Fsp3) is 0.167. The molecule has 2 aromatic rings. The Balaban J connectivity index is 1.57. The molecule has 5 nitrogen and oxygen atoms in total. The van der Waals surface area contributed by atoms with E-state index < -0.39 is 5.92 Å². The van der Waals surface area contributed by atoms with Crippen molar-refractivity contribution in [2.45, 2.75) is 6.42 Å². The first kappa shape index (κ1) is 17.3. The van der Waals surface area contributed by atoms with Crippen LogP contribution < -0.4 is 10.6 Å². The standard InChI is InChI=1S/C18H13Cl2N3O2/c19-11-3-6-15(20)16(7-11)23-18(25)14-8-13(14)17(24)22-12-4-1-10(9-21)2-5-12/h1-7,13-14H,8H2,(H,22,24)(H,23,25). The Morgan fingerprint density at radius 1 is 1.00 bits per heavy atom. The maximum absolute atomic E-state index is 12.3. The zero-order chi connectivity index (χ0) is 18.0. The van der Waals surface area contributed by atoms with E-state index in [4.69, 9.17) is 28.5 Å². The van der Waals surface area contributed by atoms with Gasteiger partial charge < -0.3 is 10.6 Å². The van der Waals surface area contributed by atoms with Crippen LogP contribution in [0.1, 0.15) is 12.0 Å². The molecule has 2 N–H and O–H groups in total. The van der Waals surface area contributed by atoms with Gasteiger partial charge in [0, 0.05) is 10.7 Å². The van der Waals surface area contributed by atoms with Gasteiger partial charge >= 0.3 is 0 Å². The van der Waals surface area contributed by atoms with Crippen LogP contribution in [0.5, 0.6) is 0 Å². The molecule has 2 aromatic carbocycles. The molecule has 0 aromatic heterocycles. The summed E-state index contributed by atoms with van der Waals surface area (Å²) in [5.74, 6) is -1.26. The van der Waals surface area contributed by atoms with E-state index >= 15 is 0 Å². The lowest BCUT2D eigenvalue weighted by Gasteiger charge is -2.08. The van der Waals surface area contributed by atoms with E-state index in [0.717, 1.165) is 0 Å². The predicted octanol–water partition coefficient (Wildman–Crippen LogP) is 4.08. The van der Waals surface area contributed by atoms with E-state index in [1.807, 2.05) is 6.07 Å². The second-order valence-corrected chi connectivity index (χ2v) is 6.58. The van der Waals surface area contributed by atoms with Crippen LogP contribution in [-0.4, -0.2) is 11.8 Å². The molecule has 1 fully saturated rings. The first-order valence-corrected chi connectivity index (χ1v) is 8.30. The van der Waals surface area contributed by atoms with Crippen LogP contribution >= 0.6 is 23.2 Å². The molecule has 0 aliphatic heterocycles. The largest absolute Gasteiger partial charge is 0.326 e. The molecule has 1 aliphatic rings. The highest BCUT2D eigenvalue weighted by Gasteiger charge is 2.48. The summed E-state index contributed by atoms with van der Waals surface area (Å²) in [5.41, 5.74) is 1.53. The van der Waals surface area contributed by atoms with Crippen LogP contribution in [0.25, 0.3) is 0 Å². The quantitative estimate of drug-likeness (QED) is 0.846. The van der Waals surface area contributed by atoms with E-state index in [-0.39, 0.29) is 17.7 Å². The topological polar surface area (TPSA) is 82.0 Å². The fourth-order valence-electron chi connectivity index (χ4n) is 2.46. The van der Waals surface area contributed by atoms with Crippen molar-refractivity contribution in [1.29, 1.82) is 5.26 Å². The highest BCUT2D eigenvalue weighted by molar-refractivity contribution is 6.35. The zero-order valence-electron chi connectivity index (χ0n) is 12.9. The summed E-state index contributed by atoms with van der Waals surface area (Å²) < 4.78 is 0. The van der Waals surface area contributed by atoms with Gasteiger partial charge in [-0.15, -0.1) is 0 Å². The minimum absolute atomic E-state index is 0.220. The molecule has 126 valence electrons. The lowest BCUT2D eigenvalue weighted by Crippen LogP contribution is -2.20. The Hall–Kier alpha value is -2.55. The zero-order valence-corrected chi connectivity index (χ0v) is 14.4. The monoisotopic (exact) mass is 373 g/mol. The molecule has 7 heteroatoms. The fourth-order valence-corrected chi connectivity index (χ4v) is 2.79. The summed E-state index contributed by atoms with van der Waals surface area (Å²) in [6.07, 6.45) is 0.478. The molecule has 25 heavy (non-hydrogen) atoms. The van der Waals surface area contributed by atoms with Gasteiger partial charge in [-0.05, 0) is 48.9 Å². The maximum atomic E-state index is 12.3. The summed E-state index contributed by atoms with van der Waals surface area (Å²) in [5, 5.41) is 15.1. The molecule has 3 rings (SSSR count). The molecule has 0 bridgehead atoms. The van der Waals surface area contributed by atoms with Gasteiger partial charge in [0.05, 0.1) is 34.2 Å². The number of nitriles is 1. The van der Waals surface area contributed by atoms with Crippen molar-refractivity contribution in [1.82, 2.24) is 0 Å². The van der Waals surface area contributed by atoms with Crippen LogP contribution in [0.15, 0.2) is 42.5 Å². The third-order valence-corrected chi connectivity index (χ3v) is 4.50. The minimum Gasteiger partial charge on any atom is -0.326 e. The number of carbonyl (C=O) groups is 2. The van der Waals surface area contributed by atoms with Gasteiger partial charge in [0.1, 0.15) is 0 Å². The van der Waals surface area contributed by atoms with Crippen molar-refractivity contribution < 1.29 is 9.59 Å². The molecule has 0 radical (unpaired) electrons. The Kier molecular flexibility index (Phi) is 4.93. The number of rotatable bonds is 4. The van der Waals surface area contributed by atoms with Crippen molar-refractivity contribution >= 4 is 46.4 Å². The Bertz CT molecular complexity index is 875. The van der Waals surface area contributed by atoms with Gasteiger partial charge in [-0.1, -0.05) is 23.2 Å². The van der Waals surface area contributed by atoms with Gasteiger partial charge in [-0.3, -0.25) is 9.59 Å². The molecule has 1 saturated carbocycles. The molecule has 2 unspecified atom stereocenters. The molecule has 2 amide bonds. The van der Waals surface area contributed by atoms with Crippen molar-refractivity contribution in [3.05, 3.63) is 58.1 Å². The lowest BCUT2D eigenvalue weighted by molar-refractivity contribution is -0.122. The Morgan fingerprint density at radius 2 is 1.64 bits per heavy atom. The van der Waals surface area contributed by atoms with E-state index in [9.17, 15) is 9.59 Å². The van der Waals surface area contributed by atoms with Crippen molar-refractivity contribution in [3.63, 3.8) is 0 Å². The second kappa shape index (κ2) is 7.14. The third kappa shape index (κ3) is 4.11. The van der Waals surface area contributed by atoms with Crippen molar-refractivity contribution in [2.24, 2.45) is 11.8 Å². The van der Waals surface area contributed by atoms with Crippen molar-refractivity contribution in [3.8, 4) is 6.07 Å². The number of nitrogens with one attached hydrogen (secondary N) is 2. The third-order valence-electron chi connectivity index (χ3n) is 3.93. The van der Waals surface area contributed by atoms with Crippen LogP contribution in [0.3, 0.4) is 0 Å². The number of hydrogen-bond donors (Lipinski definition) is 2. The summed E-state index contributed by atoms with van der Waals surface area (Å²) in [4.78, 5) is 24.5. The average Bonchev–Trinajstić information content (AvgIpc) is 3.40. The van der Waals surface area contributed by atoms with E-state index in [1.165, 1.54) is 0 Å². The van der Waals surface area contributed by atoms with E-state index in [1.54, 1.807) is 42.5 Å². The summed E-state index contributed by atoms with van der Waals surface area (Å²) >= 11 is 11.9. The number of hydrogen-bond acceptors (Lipinski definition) is 3. The van der Waals surface area contributed by atoms with Crippen molar-refractivity contribution in [2.75, 3.05) is 10.6 Å². The van der Waals surface area contributed by atoms with Crippen LogP contribution in [0.4, 0.5) is 11.4 Å². The van der Waals surface area contributed by atoms with E-state index in [0.29, 0.717) is 33.4 Å². The number of nitrogens with zero attached hydrogens (tertiary/aromatic N) is 1. The van der Waals surface area contributed by atoms with Gasteiger partial charge in [0.25, 0.3) is 0 Å². The molecule has 0 saturated heterocycles. The molecule has 0 heterocycles. The lowest BCUT2D eigenvalue weighted by atomic mass is 10.2. The molecule has 1 aliphatic carbocycles. The van der Waals surface area contributed by atoms with Crippen LogP contribution in [0.2, 0.25) is 10.0 Å². The SMILES string of the molecule is N#Cc1ccc(NC(=O)C2CC2C(=O)Nc2cc(Cl)ccc2Cl)cc1. The Labute approximate surface area is 154 Å². The summed E-state index contributed by atoms with van der Waals surface area (Å²) in [6.45, 7) is 0. The first-order valence-electron chi connectivity index (χ1n) is 7.55. The molecular formula is C18H13Cl2N3O2. The summed E-state index contributed by atoms with van der Waals surface area (Å²) in [7, 11) is 0. The van der Waals surface area contributed by atoms with Gasteiger partial charge in [-0.25, -0.2) is 0 Å². The van der Waals surface area contributed by atoms with Crippen LogP contribution in [-0.2, 0) is 9.59 Å². The molecular weight excluding hydrogens is 361 g/mol. The highest BCUT2D eigenvalue weighted by atomic mass is 35.5. The van der Waals surface area contributed by atoms with Gasteiger partial charge in [-0.2, -0.15) is 5.26 Å². The number of benzene rings is 2.